The number of hydrogen-bond donors (Lipinski definition) is 1. The molecule has 1 atom stereocenters. The maximum atomic E-state index is 14.7. The monoisotopic (exact) mass is 491 g/mol. The van der Waals surface area contributed by atoms with Gasteiger partial charge in [-0.05, 0) is 47.5 Å². The molecule has 0 saturated heterocycles. The number of nitrogens with one attached hydrogen (secondary N) is 1. The Morgan fingerprint density at radius 3 is 2.45 bits per heavy atom. The van der Waals surface area contributed by atoms with Crippen molar-refractivity contribution in [3.05, 3.63) is 82.4 Å². The van der Waals surface area contributed by atoms with E-state index < -0.39 is 40.4 Å². The summed E-state index contributed by atoms with van der Waals surface area (Å²) >= 11 is 3.12. The van der Waals surface area contributed by atoms with Crippen LogP contribution >= 0.6 is 15.9 Å². The Morgan fingerprint density at radius 1 is 1.07 bits per heavy atom. The number of alkyl halides is 2. The Labute approximate surface area is 173 Å². The van der Waals surface area contributed by atoms with Crippen molar-refractivity contribution in [3.63, 3.8) is 0 Å². The molecule has 0 bridgehead atoms. The summed E-state index contributed by atoms with van der Waals surface area (Å²) in [6, 6.07) is 10.6. The molecule has 1 aliphatic carbocycles. The predicted octanol–water partition coefficient (Wildman–Crippen LogP) is 5.14. The second-order valence-corrected chi connectivity index (χ2v) is 8.76. The first-order valence-electron chi connectivity index (χ1n) is 8.20. The van der Waals surface area contributed by atoms with Crippen molar-refractivity contribution in [1.29, 1.82) is 0 Å². The summed E-state index contributed by atoms with van der Waals surface area (Å²) in [5, 5.41) is 0. The molecule has 0 spiro atoms. The largest absolute Gasteiger partial charge is 0.347 e. The van der Waals surface area contributed by atoms with Crippen LogP contribution in [0.4, 0.5) is 17.6 Å². The molecule has 0 radical (unpaired) electrons. The molecule has 10 heteroatoms. The van der Waals surface area contributed by atoms with E-state index in [9.17, 15) is 26.0 Å². The van der Waals surface area contributed by atoms with Crippen LogP contribution in [0.2, 0.25) is 0 Å². The maximum absolute atomic E-state index is 14.7. The molecule has 0 amide bonds. The minimum Gasteiger partial charge on any atom is -0.293 e. The second kappa shape index (κ2) is 8.39. The van der Waals surface area contributed by atoms with E-state index in [0.29, 0.717) is 4.47 Å². The van der Waals surface area contributed by atoms with Crippen LogP contribution in [-0.2, 0) is 14.8 Å². The van der Waals surface area contributed by atoms with Crippen molar-refractivity contribution in [2.45, 2.75) is 23.7 Å². The van der Waals surface area contributed by atoms with E-state index in [-0.39, 0.29) is 16.0 Å². The molecule has 0 heterocycles. The fraction of sp³-hybridized carbons (Fsp3) is 0.158. The van der Waals surface area contributed by atoms with E-state index in [1.54, 1.807) is 6.07 Å². The summed E-state index contributed by atoms with van der Waals surface area (Å²) in [5.74, 6) is -1.84. The molecule has 154 valence electrons. The van der Waals surface area contributed by atoms with Crippen LogP contribution in [0.5, 0.6) is 0 Å². The van der Waals surface area contributed by atoms with Gasteiger partial charge in [0.25, 0.3) is 0 Å². The third-order valence-electron chi connectivity index (χ3n) is 4.15. The highest BCUT2D eigenvalue weighted by Gasteiger charge is 2.45. The van der Waals surface area contributed by atoms with Gasteiger partial charge in [0.2, 0.25) is 10.0 Å². The van der Waals surface area contributed by atoms with Gasteiger partial charge in [0.15, 0.2) is 5.72 Å². The van der Waals surface area contributed by atoms with Gasteiger partial charge < -0.3 is 0 Å². The predicted molar refractivity (Wildman–Crippen MR) is 102 cm³/mol. The molecule has 3 rings (SSSR count). The lowest BCUT2D eigenvalue weighted by atomic mass is 9.91. The number of benzene rings is 2. The van der Waals surface area contributed by atoms with Crippen molar-refractivity contribution >= 4 is 31.5 Å². The first-order valence-corrected chi connectivity index (χ1v) is 10.5. The average Bonchev–Trinajstić information content (AvgIpc) is 2.63. The normalized spacial score (nSPS) is 19.8. The van der Waals surface area contributed by atoms with E-state index in [1.807, 2.05) is 4.72 Å². The molecular weight excluding hydrogens is 478 g/mol. The minimum absolute atomic E-state index is 0.212. The van der Waals surface area contributed by atoms with Crippen LogP contribution in [0.15, 0.2) is 75.9 Å². The van der Waals surface area contributed by atoms with Crippen LogP contribution in [0.25, 0.3) is 5.57 Å². The molecule has 1 unspecified atom stereocenters. The minimum atomic E-state index is -4.45. The van der Waals surface area contributed by atoms with E-state index in [4.69, 9.17) is 0 Å². The van der Waals surface area contributed by atoms with E-state index in [1.165, 1.54) is 42.5 Å². The van der Waals surface area contributed by atoms with Crippen LogP contribution in [0, 0.1) is 5.82 Å². The highest BCUT2D eigenvalue weighted by molar-refractivity contribution is 9.10. The Hall–Kier alpha value is -2.01. The summed E-state index contributed by atoms with van der Waals surface area (Å²) in [4.78, 5) is -0.279. The van der Waals surface area contributed by atoms with Gasteiger partial charge in [-0.1, -0.05) is 40.2 Å². The second-order valence-electron chi connectivity index (χ2n) is 6.16. The standard InChI is InChI=1S/C19H14BrF4NO3S/c20-14-4-2-6-16(10-14)29(26,27)25-19(28-18(23)24)11-13(7-8-17(19)22)12-3-1-5-15(21)9-12/h1-10,18,25H,11H2. The zero-order valence-corrected chi connectivity index (χ0v) is 17.0. The Morgan fingerprint density at radius 2 is 1.79 bits per heavy atom. The molecule has 0 saturated carbocycles. The number of halogens is 5. The summed E-state index contributed by atoms with van der Waals surface area (Å²) in [6.45, 7) is -3.48. The SMILES string of the molecule is O=S(=O)(NC1(OC(F)F)CC(c2cccc(F)c2)=CC=C1F)c1cccc(Br)c1. The molecule has 2 aromatic rings. The molecule has 29 heavy (non-hydrogen) atoms. The molecule has 2 aromatic carbocycles. The first-order chi connectivity index (χ1) is 13.6. The van der Waals surface area contributed by atoms with Crippen molar-refractivity contribution in [1.82, 2.24) is 4.72 Å². The summed E-state index contributed by atoms with van der Waals surface area (Å²) < 4.78 is 86.8. The number of sulfonamides is 1. The van der Waals surface area contributed by atoms with E-state index >= 15 is 0 Å². The smallest absolute Gasteiger partial charge is 0.293 e. The van der Waals surface area contributed by atoms with Gasteiger partial charge in [-0.3, -0.25) is 4.74 Å². The summed E-state index contributed by atoms with van der Waals surface area (Å²) in [5.41, 5.74) is -2.20. The molecule has 0 aromatic heterocycles. The fourth-order valence-corrected chi connectivity index (χ4v) is 4.74. The van der Waals surface area contributed by atoms with Crippen molar-refractivity contribution in [3.8, 4) is 0 Å². The highest BCUT2D eigenvalue weighted by atomic mass is 79.9. The Balaban J connectivity index is 2.02. The zero-order chi connectivity index (χ0) is 21.2. The molecule has 1 aliphatic rings. The van der Waals surface area contributed by atoms with Crippen LogP contribution in [0.3, 0.4) is 0 Å². The first kappa shape index (κ1) is 21.7. The third kappa shape index (κ3) is 4.95. The van der Waals surface area contributed by atoms with Crippen LogP contribution in [-0.4, -0.2) is 20.8 Å². The number of rotatable bonds is 6. The van der Waals surface area contributed by atoms with Gasteiger partial charge in [0.05, 0.1) is 4.90 Å². The molecule has 4 nitrogen and oxygen atoms in total. The lowest BCUT2D eigenvalue weighted by molar-refractivity contribution is -0.203. The van der Waals surface area contributed by atoms with Gasteiger partial charge >= 0.3 is 6.61 Å². The fourth-order valence-electron chi connectivity index (χ4n) is 2.88. The molecular formula is C19H14BrF4NO3S. The van der Waals surface area contributed by atoms with Gasteiger partial charge in [0.1, 0.15) is 11.6 Å². The number of allylic oxidation sites excluding steroid dienone is 2. The lowest BCUT2D eigenvalue weighted by Gasteiger charge is -2.35. The highest BCUT2D eigenvalue weighted by Crippen LogP contribution is 2.38. The van der Waals surface area contributed by atoms with Gasteiger partial charge in [-0.25, -0.2) is 17.2 Å². The average molecular weight is 492 g/mol. The van der Waals surface area contributed by atoms with Gasteiger partial charge in [0, 0.05) is 10.9 Å². The molecule has 1 N–H and O–H groups in total. The number of hydrogen-bond acceptors (Lipinski definition) is 3. The Bertz CT molecular complexity index is 1090. The quantitative estimate of drug-likeness (QED) is 0.449. The van der Waals surface area contributed by atoms with Crippen LogP contribution in [0.1, 0.15) is 12.0 Å². The molecule has 0 aliphatic heterocycles. The topological polar surface area (TPSA) is 55.4 Å². The zero-order valence-electron chi connectivity index (χ0n) is 14.6. The number of ether oxygens (including phenoxy) is 1. The van der Waals surface area contributed by atoms with Crippen molar-refractivity contribution in [2.75, 3.05) is 0 Å². The van der Waals surface area contributed by atoms with Crippen molar-refractivity contribution < 1.29 is 30.7 Å². The van der Waals surface area contributed by atoms with Crippen molar-refractivity contribution in [2.24, 2.45) is 0 Å². The maximum Gasteiger partial charge on any atom is 0.347 e. The van der Waals surface area contributed by atoms with E-state index in [2.05, 4.69) is 20.7 Å². The Kier molecular flexibility index (Phi) is 6.27. The van der Waals surface area contributed by atoms with Gasteiger partial charge in [-0.2, -0.15) is 13.5 Å². The summed E-state index contributed by atoms with van der Waals surface area (Å²) in [6.07, 6.45) is 1.45. The van der Waals surface area contributed by atoms with Crippen LogP contribution < -0.4 is 4.72 Å². The van der Waals surface area contributed by atoms with E-state index in [0.717, 1.165) is 12.1 Å². The van der Waals surface area contributed by atoms with Gasteiger partial charge in [-0.15, -0.1) is 0 Å². The lowest BCUT2D eigenvalue weighted by Crippen LogP contribution is -2.53. The molecule has 0 fully saturated rings. The third-order valence-corrected chi connectivity index (χ3v) is 6.11. The summed E-state index contributed by atoms with van der Waals surface area (Å²) in [7, 11) is -4.45.